The highest BCUT2D eigenvalue weighted by Crippen LogP contribution is 2.37. The Morgan fingerprint density at radius 3 is 2.26 bits per heavy atom. The quantitative estimate of drug-likeness (QED) is 0.537. The Morgan fingerprint density at radius 2 is 1.68 bits per heavy atom. The van der Waals surface area contributed by atoms with Crippen LogP contribution in [0.25, 0.3) is 0 Å². The fourth-order valence-electron chi connectivity index (χ4n) is 3.46. The van der Waals surface area contributed by atoms with E-state index in [0.29, 0.717) is 11.3 Å². The average Bonchev–Trinajstić information content (AvgIpc) is 2.98. The van der Waals surface area contributed by atoms with Crippen molar-refractivity contribution in [3.8, 4) is 5.75 Å². The molecule has 0 aliphatic rings. The smallest absolute Gasteiger partial charge is 0.263 e. The van der Waals surface area contributed by atoms with Gasteiger partial charge in [0.05, 0.1) is 4.90 Å². The van der Waals surface area contributed by atoms with Gasteiger partial charge in [0.25, 0.3) is 5.91 Å². The van der Waals surface area contributed by atoms with E-state index in [9.17, 15) is 17.6 Å². The minimum Gasteiger partial charge on any atom is -0.484 e. The van der Waals surface area contributed by atoms with Gasteiger partial charge >= 0.3 is 0 Å². The summed E-state index contributed by atoms with van der Waals surface area (Å²) in [5.41, 5.74) is 1.24. The number of anilines is 1. The topological polar surface area (TPSA) is 77.4 Å². The molecule has 31 heavy (non-hydrogen) atoms. The maximum Gasteiger partial charge on any atom is 0.263 e. The van der Waals surface area contributed by atoms with Gasteiger partial charge in [0, 0.05) is 11.7 Å². The molecule has 6 nitrogen and oxygen atoms in total. The number of ether oxygens (including phenoxy) is 1. The molecule has 2 aromatic carbocycles. The van der Waals surface area contributed by atoms with Gasteiger partial charge in [-0.2, -0.15) is 0 Å². The van der Waals surface area contributed by atoms with Gasteiger partial charge in [0.1, 0.15) is 22.3 Å². The molecule has 164 valence electrons. The van der Waals surface area contributed by atoms with Crippen molar-refractivity contribution in [2.24, 2.45) is 0 Å². The van der Waals surface area contributed by atoms with Crippen molar-refractivity contribution in [3.63, 3.8) is 0 Å². The van der Waals surface area contributed by atoms with E-state index in [-0.39, 0.29) is 28.3 Å². The molecular formula is C23H25FN2O4S. The maximum atomic E-state index is 13.4. The van der Waals surface area contributed by atoms with Crippen molar-refractivity contribution < 1.29 is 22.3 Å². The molecule has 0 bridgehead atoms. The zero-order valence-corrected chi connectivity index (χ0v) is 18.7. The summed E-state index contributed by atoms with van der Waals surface area (Å²) in [4.78, 5) is 12.6. The number of rotatable bonds is 7. The first-order valence-electron chi connectivity index (χ1n) is 9.82. The SMILES string of the molecule is Cc1c(S(=O)(=O)c2ccc(F)cc2)c(NC(=O)COc2ccccc2)n(C(C)C)c1C. The lowest BCUT2D eigenvalue weighted by molar-refractivity contribution is -0.118. The van der Waals surface area contributed by atoms with Gasteiger partial charge < -0.3 is 14.6 Å². The van der Waals surface area contributed by atoms with Gasteiger partial charge in [-0.05, 0) is 69.7 Å². The summed E-state index contributed by atoms with van der Waals surface area (Å²) in [6.45, 7) is 7.02. The molecule has 0 fully saturated rings. The zero-order chi connectivity index (χ0) is 22.8. The second-order valence-corrected chi connectivity index (χ2v) is 9.35. The number of carbonyl (C=O) groups is 1. The third-order valence-electron chi connectivity index (χ3n) is 4.98. The van der Waals surface area contributed by atoms with Crippen molar-refractivity contribution in [1.29, 1.82) is 0 Å². The number of benzene rings is 2. The Bertz CT molecular complexity index is 1180. The second-order valence-electron chi connectivity index (χ2n) is 7.46. The highest BCUT2D eigenvalue weighted by Gasteiger charge is 2.31. The van der Waals surface area contributed by atoms with Gasteiger partial charge in [0.2, 0.25) is 9.84 Å². The van der Waals surface area contributed by atoms with E-state index in [2.05, 4.69) is 5.32 Å². The van der Waals surface area contributed by atoms with Crippen molar-refractivity contribution in [3.05, 3.63) is 71.7 Å². The Hall–Kier alpha value is -3.13. The molecule has 0 aliphatic carbocycles. The van der Waals surface area contributed by atoms with Crippen LogP contribution in [0.15, 0.2) is 64.4 Å². The third-order valence-corrected chi connectivity index (χ3v) is 6.91. The molecule has 3 rings (SSSR count). The van der Waals surface area contributed by atoms with Gasteiger partial charge in [-0.25, -0.2) is 12.8 Å². The predicted octanol–water partition coefficient (Wildman–Crippen LogP) is 4.68. The van der Waals surface area contributed by atoms with Crippen LogP contribution in [0.3, 0.4) is 0 Å². The van der Waals surface area contributed by atoms with Crippen LogP contribution in [-0.4, -0.2) is 25.5 Å². The summed E-state index contributed by atoms with van der Waals surface area (Å²) in [5.74, 6) is -0.309. The van der Waals surface area contributed by atoms with Crippen molar-refractivity contribution >= 4 is 21.6 Å². The normalized spacial score (nSPS) is 11.5. The highest BCUT2D eigenvalue weighted by atomic mass is 32.2. The number of hydrogen-bond donors (Lipinski definition) is 1. The maximum absolute atomic E-state index is 13.4. The molecule has 0 spiro atoms. The number of halogens is 1. The molecule has 1 amide bonds. The molecule has 0 aliphatic heterocycles. The van der Waals surface area contributed by atoms with Gasteiger partial charge in [-0.1, -0.05) is 18.2 Å². The number of nitrogens with one attached hydrogen (secondary N) is 1. The highest BCUT2D eigenvalue weighted by molar-refractivity contribution is 7.91. The number of sulfone groups is 1. The van der Waals surface area contributed by atoms with Gasteiger partial charge in [-0.3, -0.25) is 4.79 Å². The zero-order valence-electron chi connectivity index (χ0n) is 17.8. The summed E-state index contributed by atoms with van der Waals surface area (Å²) >= 11 is 0. The van der Waals surface area contributed by atoms with Crippen LogP contribution in [-0.2, 0) is 14.6 Å². The van der Waals surface area contributed by atoms with Crippen molar-refractivity contribution in [1.82, 2.24) is 4.57 Å². The van der Waals surface area contributed by atoms with Crippen LogP contribution in [0.2, 0.25) is 0 Å². The number of hydrogen-bond acceptors (Lipinski definition) is 4. The monoisotopic (exact) mass is 444 g/mol. The van der Waals surface area contributed by atoms with Crippen LogP contribution in [0.4, 0.5) is 10.2 Å². The van der Waals surface area contributed by atoms with Gasteiger partial charge in [-0.15, -0.1) is 0 Å². The molecule has 1 N–H and O–H groups in total. The molecule has 0 atom stereocenters. The Kier molecular flexibility index (Phi) is 6.50. The van der Waals surface area contributed by atoms with E-state index in [0.717, 1.165) is 17.8 Å². The number of nitrogens with zero attached hydrogens (tertiary/aromatic N) is 1. The summed E-state index contributed by atoms with van der Waals surface area (Å²) in [6, 6.07) is 13.4. The number of para-hydroxylation sites is 1. The van der Waals surface area contributed by atoms with Crippen LogP contribution >= 0.6 is 0 Å². The summed E-state index contributed by atoms with van der Waals surface area (Å²) in [5, 5.41) is 2.73. The fraction of sp³-hybridized carbons (Fsp3) is 0.261. The minimum absolute atomic E-state index is 0.00151. The number of aromatic nitrogens is 1. The molecule has 0 saturated carbocycles. The van der Waals surface area contributed by atoms with Crippen LogP contribution in [0.5, 0.6) is 5.75 Å². The molecule has 0 radical (unpaired) electrons. The standard InChI is InChI=1S/C23H25FN2O4S/c1-15(2)26-17(4)16(3)22(31(28,29)20-12-10-18(24)11-13-20)23(26)25-21(27)14-30-19-8-6-5-7-9-19/h5-13,15H,14H2,1-4H3,(H,25,27). The lowest BCUT2D eigenvalue weighted by atomic mass is 10.3. The lowest BCUT2D eigenvalue weighted by Gasteiger charge is -2.17. The Morgan fingerprint density at radius 1 is 1.06 bits per heavy atom. The largest absolute Gasteiger partial charge is 0.484 e. The Labute approximate surface area is 181 Å². The molecular weight excluding hydrogens is 419 g/mol. The molecule has 8 heteroatoms. The summed E-state index contributed by atoms with van der Waals surface area (Å²) in [7, 11) is -4.01. The van der Waals surface area contributed by atoms with Crippen molar-refractivity contribution in [2.45, 2.75) is 43.5 Å². The second kappa shape index (κ2) is 8.93. The number of amides is 1. The molecule has 1 heterocycles. The third kappa shape index (κ3) is 4.64. The number of carbonyl (C=O) groups excluding carboxylic acids is 1. The summed E-state index contributed by atoms with van der Waals surface area (Å²) < 4.78 is 47.4. The molecule has 0 saturated heterocycles. The minimum atomic E-state index is -4.01. The van der Waals surface area contributed by atoms with E-state index in [1.165, 1.54) is 12.1 Å². The molecule has 1 aromatic heterocycles. The van der Waals surface area contributed by atoms with Crippen LogP contribution in [0, 0.1) is 19.7 Å². The van der Waals surface area contributed by atoms with E-state index in [1.54, 1.807) is 42.7 Å². The molecule has 3 aromatic rings. The first kappa shape index (κ1) is 22.6. The van der Waals surface area contributed by atoms with Crippen molar-refractivity contribution in [2.75, 3.05) is 11.9 Å². The first-order valence-corrected chi connectivity index (χ1v) is 11.3. The van der Waals surface area contributed by atoms with Crippen LogP contribution < -0.4 is 10.1 Å². The summed E-state index contributed by atoms with van der Waals surface area (Å²) in [6.07, 6.45) is 0. The average molecular weight is 445 g/mol. The molecule has 0 unspecified atom stereocenters. The fourth-order valence-corrected chi connectivity index (χ4v) is 5.14. The van der Waals surface area contributed by atoms with Gasteiger partial charge in [0.15, 0.2) is 6.61 Å². The van der Waals surface area contributed by atoms with Crippen LogP contribution in [0.1, 0.15) is 31.1 Å². The Balaban J connectivity index is 2.01. The lowest BCUT2D eigenvalue weighted by Crippen LogP contribution is -2.24. The van der Waals surface area contributed by atoms with E-state index in [1.807, 2.05) is 19.9 Å². The predicted molar refractivity (Wildman–Crippen MR) is 117 cm³/mol. The van der Waals surface area contributed by atoms with E-state index < -0.39 is 21.6 Å². The first-order chi connectivity index (χ1) is 14.6. The van der Waals surface area contributed by atoms with E-state index in [4.69, 9.17) is 4.74 Å². The van der Waals surface area contributed by atoms with E-state index >= 15 is 0 Å².